The quantitative estimate of drug-likeness (QED) is 0.685. The monoisotopic (exact) mass is 172 g/mol. The molecule has 0 bridgehead atoms. The van der Waals surface area contributed by atoms with Crippen LogP contribution in [0.5, 0.6) is 0 Å². The van der Waals surface area contributed by atoms with Gasteiger partial charge in [0, 0.05) is 7.11 Å². The summed E-state index contributed by atoms with van der Waals surface area (Å²) in [7, 11) is 1.65. The Balaban J connectivity index is 2.43. The highest BCUT2D eigenvalue weighted by Crippen LogP contribution is 2.39. The number of ether oxygens (including phenoxy) is 1. The largest absolute Gasteiger partial charge is 0.387 e. The van der Waals surface area contributed by atoms with Crippen LogP contribution in [0.15, 0.2) is 0 Å². The average Bonchev–Trinajstić information content (AvgIpc) is 2.71. The van der Waals surface area contributed by atoms with Crippen molar-refractivity contribution in [2.45, 2.75) is 38.7 Å². The lowest BCUT2D eigenvalue weighted by molar-refractivity contribution is -0.0734. The molecular weight excluding hydrogens is 152 g/mol. The smallest absolute Gasteiger partial charge is 0.0905 e. The van der Waals surface area contributed by atoms with Crippen molar-refractivity contribution in [1.29, 1.82) is 0 Å². The van der Waals surface area contributed by atoms with Crippen molar-refractivity contribution in [3.05, 3.63) is 0 Å². The summed E-state index contributed by atoms with van der Waals surface area (Å²) in [6, 6.07) is 0. The van der Waals surface area contributed by atoms with Gasteiger partial charge < -0.3 is 9.84 Å². The molecule has 1 N–H and O–H groups in total. The molecule has 12 heavy (non-hydrogen) atoms. The zero-order chi connectivity index (χ0) is 9.19. The summed E-state index contributed by atoms with van der Waals surface area (Å²) in [4.78, 5) is 0. The molecule has 1 aliphatic rings. The van der Waals surface area contributed by atoms with E-state index in [1.165, 1.54) is 12.8 Å². The van der Waals surface area contributed by atoms with Gasteiger partial charge >= 0.3 is 0 Å². The zero-order valence-corrected chi connectivity index (χ0v) is 8.34. The molecule has 2 nitrogen and oxygen atoms in total. The Morgan fingerprint density at radius 3 is 2.42 bits per heavy atom. The minimum absolute atomic E-state index is 0.290. The van der Waals surface area contributed by atoms with Crippen LogP contribution in [-0.4, -0.2) is 24.4 Å². The third-order valence-corrected chi connectivity index (χ3v) is 2.81. The fourth-order valence-electron chi connectivity index (χ4n) is 1.53. The van der Waals surface area contributed by atoms with Gasteiger partial charge in [-0.3, -0.25) is 0 Å². The Hall–Kier alpha value is -0.0800. The van der Waals surface area contributed by atoms with E-state index in [-0.39, 0.29) is 5.92 Å². The van der Waals surface area contributed by atoms with E-state index in [1.54, 1.807) is 7.11 Å². The van der Waals surface area contributed by atoms with E-state index in [2.05, 4.69) is 13.8 Å². The summed E-state index contributed by atoms with van der Waals surface area (Å²) in [6.07, 6.45) is 3.50. The Kier molecular flexibility index (Phi) is 3.13. The van der Waals surface area contributed by atoms with Gasteiger partial charge in [0.25, 0.3) is 0 Å². The molecule has 0 radical (unpaired) electrons. The SMILES string of the molecule is COCC(O)(CC1CC1)C(C)C. The summed E-state index contributed by atoms with van der Waals surface area (Å²) in [5.74, 6) is 1.05. The first-order valence-corrected chi connectivity index (χ1v) is 4.80. The van der Waals surface area contributed by atoms with Crippen LogP contribution in [-0.2, 0) is 4.74 Å². The normalized spacial score (nSPS) is 22.8. The fourth-order valence-corrected chi connectivity index (χ4v) is 1.53. The molecule has 1 atom stereocenters. The third kappa shape index (κ3) is 2.46. The van der Waals surface area contributed by atoms with Crippen LogP contribution in [0.1, 0.15) is 33.1 Å². The van der Waals surface area contributed by atoms with Crippen LogP contribution >= 0.6 is 0 Å². The van der Waals surface area contributed by atoms with Crippen LogP contribution in [0.4, 0.5) is 0 Å². The number of hydrogen-bond acceptors (Lipinski definition) is 2. The molecule has 0 aromatic carbocycles. The van der Waals surface area contributed by atoms with Crippen LogP contribution in [0.3, 0.4) is 0 Å². The van der Waals surface area contributed by atoms with Gasteiger partial charge in [-0.25, -0.2) is 0 Å². The summed E-state index contributed by atoms with van der Waals surface area (Å²) in [5.41, 5.74) is -0.587. The lowest BCUT2D eigenvalue weighted by Crippen LogP contribution is -2.40. The number of rotatable bonds is 5. The summed E-state index contributed by atoms with van der Waals surface area (Å²) in [6.45, 7) is 4.59. The predicted molar refractivity (Wildman–Crippen MR) is 49.0 cm³/mol. The van der Waals surface area contributed by atoms with Crippen molar-refractivity contribution in [2.75, 3.05) is 13.7 Å². The molecule has 1 aliphatic carbocycles. The molecule has 72 valence electrons. The molecule has 0 spiro atoms. The Labute approximate surface area is 74.9 Å². The van der Waals surface area contributed by atoms with Gasteiger partial charge in [-0.1, -0.05) is 26.7 Å². The molecule has 1 unspecified atom stereocenters. The zero-order valence-electron chi connectivity index (χ0n) is 8.34. The molecule has 0 amide bonds. The van der Waals surface area contributed by atoms with Crippen molar-refractivity contribution in [3.8, 4) is 0 Å². The van der Waals surface area contributed by atoms with E-state index in [9.17, 15) is 5.11 Å². The molecule has 0 aromatic heterocycles. The lowest BCUT2D eigenvalue weighted by Gasteiger charge is -2.31. The van der Waals surface area contributed by atoms with Crippen LogP contribution in [0.2, 0.25) is 0 Å². The first kappa shape index (κ1) is 10.0. The molecule has 2 heteroatoms. The maximum Gasteiger partial charge on any atom is 0.0905 e. The van der Waals surface area contributed by atoms with Gasteiger partial charge in [-0.15, -0.1) is 0 Å². The Bertz CT molecular complexity index is 141. The highest BCUT2D eigenvalue weighted by Gasteiger charge is 2.37. The molecule has 1 saturated carbocycles. The Morgan fingerprint density at radius 1 is 1.50 bits per heavy atom. The van der Waals surface area contributed by atoms with Gasteiger partial charge in [-0.05, 0) is 18.3 Å². The molecule has 0 aromatic rings. The summed E-state index contributed by atoms with van der Waals surface area (Å²) in [5, 5.41) is 10.2. The van der Waals surface area contributed by atoms with Gasteiger partial charge in [0.05, 0.1) is 12.2 Å². The van der Waals surface area contributed by atoms with Crippen LogP contribution < -0.4 is 0 Å². The molecule has 0 heterocycles. The maximum atomic E-state index is 10.2. The van der Waals surface area contributed by atoms with Crippen molar-refractivity contribution in [2.24, 2.45) is 11.8 Å². The number of methoxy groups -OCH3 is 1. The van der Waals surface area contributed by atoms with E-state index in [1.807, 2.05) is 0 Å². The third-order valence-electron chi connectivity index (χ3n) is 2.81. The number of aliphatic hydroxyl groups is 1. The van der Waals surface area contributed by atoms with E-state index >= 15 is 0 Å². The molecule has 0 aliphatic heterocycles. The van der Waals surface area contributed by atoms with Crippen molar-refractivity contribution in [3.63, 3.8) is 0 Å². The first-order valence-electron chi connectivity index (χ1n) is 4.80. The second kappa shape index (κ2) is 3.75. The number of hydrogen-bond donors (Lipinski definition) is 1. The first-order chi connectivity index (χ1) is 5.58. The second-order valence-electron chi connectivity index (χ2n) is 4.34. The van der Waals surface area contributed by atoms with Gasteiger partial charge in [0.15, 0.2) is 0 Å². The summed E-state index contributed by atoms with van der Waals surface area (Å²) >= 11 is 0. The summed E-state index contributed by atoms with van der Waals surface area (Å²) < 4.78 is 5.05. The minimum Gasteiger partial charge on any atom is -0.387 e. The van der Waals surface area contributed by atoms with Crippen molar-refractivity contribution >= 4 is 0 Å². The molecular formula is C10H20O2. The lowest BCUT2D eigenvalue weighted by atomic mass is 9.86. The molecule has 0 saturated heterocycles. The van der Waals surface area contributed by atoms with Gasteiger partial charge in [0.2, 0.25) is 0 Å². The van der Waals surface area contributed by atoms with E-state index in [0.29, 0.717) is 6.61 Å². The molecule has 1 rings (SSSR count). The second-order valence-corrected chi connectivity index (χ2v) is 4.34. The van der Waals surface area contributed by atoms with E-state index in [4.69, 9.17) is 4.74 Å². The highest BCUT2D eigenvalue weighted by atomic mass is 16.5. The van der Waals surface area contributed by atoms with Crippen LogP contribution in [0.25, 0.3) is 0 Å². The van der Waals surface area contributed by atoms with Gasteiger partial charge in [-0.2, -0.15) is 0 Å². The van der Waals surface area contributed by atoms with E-state index in [0.717, 1.165) is 12.3 Å². The fraction of sp³-hybridized carbons (Fsp3) is 1.00. The van der Waals surface area contributed by atoms with Crippen LogP contribution in [0, 0.1) is 11.8 Å². The van der Waals surface area contributed by atoms with E-state index < -0.39 is 5.60 Å². The van der Waals surface area contributed by atoms with Gasteiger partial charge in [0.1, 0.15) is 0 Å². The Morgan fingerprint density at radius 2 is 2.08 bits per heavy atom. The predicted octanol–water partition coefficient (Wildman–Crippen LogP) is 1.82. The van der Waals surface area contributed by atoms with Crippen molar-refractivity contribution < 1.29 is 9.84 Å². The minimum atomic E-state index is -0.587. The molecule has 1 fully saturated rings. The maximum absolute atomic E-state index is 10.2. The standard InChI is InChI=1S/C10H20O2/c1-8(2)10(11,7-12-3)6-9-4-5-9/h8-9,11H,4-7H2,1-3H3. The topological polar surface area (TPSA) is 29.5 Å². The average molecular weight is 172 g/mol. The highest BCUT2D eigenvalue weighted by molar-refractivity contribution is 4.89. The van der Waals surface area contributed by atoms with Crippen molar-refractivity contribution in [1.82, 2.24) is 0 Å².